The lowest BCUT2D eigenvalue weighted by molar-refractivity contribution is -0.116. The molecular formula is C24H26N2O2. The van der Waals surface area contributed by atoms with Crippen LogP contribution in [0.25, 0.3) is 0 Å². The van der Waals surface area contributed by atoms with Gasteiger partial charge in [0.25, 0.3) is 0 Å². The molecule has 0 aliphatic rings. The van der Waals surface area contributed by atoms with Crippen molar-refractivity contribution in [3.05, 3.63) is 90.0 Å². The fourth-order valence-corrected chi connectivity index (χ4v) is 2.98. The predicted octanol–water partition coefficient (Wildman–Crippen LogP) is 5.04. The molecule has 1 amide bonds. The van der Waals surface area contributed by atoms with Crippen molar-refractivity contribution >= 4 is 17.3 Å². The van der Waals surface area contributed by atoms with Gasteiger partial charge in [0, 0.05) is 17.9 Å². The zero-order valence-electron chi connectivity index (χ0n) is 16.4. The maximum atomic E-state index is 12.6. The van der Waals surface area contributed by atoms with E-state index in [4.69, 9.17) is 4.74 Å². The van der Waals surface area contributed by atoms with Crippen LogP contribution >= 0.6 is 0 Å². The average Bonchev–Trinajstić information content (AvgIpc) is 2.73. The molecule has 0 radical (unpaired) electrons. The first-order chi connectivity index (χ1) is 13.7. The molecule has 0 heterocycles. The molecule has 28 heavy (non-hydrogen) atoms. The minimum absolute atomic E-state index is 0.0394. The summed E-state index contributed by atoms with van der Waals surface area (Å²) in [6, 6.07) is 25.7. The summed E-state index contributed by atoms with van der Waals surface area (Å²) in [5, 5.41) is 3.20. The molecule has 0 saturated carbocycles. The van der Waals surface area contributed by atoms with Crippen LogP contribution in [0.5, 0.6) is 5.75 Å². The smallest absolute Gasteiger partial charge is 0.246 e. The second-order valence-electron chi connectivity index (χ2n) is 6.63. The van der Waals surface area contributed by atoms with Gasteiger partial charge in [-0.3, -0.25) is 4.79 Å². The summed E-state index contributed by atoms with van der Waals surface area (Å²) in [6.45, 7) is 5.43. The Labute approximate surface area is 166 Å². The second kappa shape index (κ2) is 9.60. The van der Waals surface area contributed by atoms with Gasteiger partial charge in [0.1, 0.15) is 12.4 Å². The molecule has 0 aliphatic carbocycles. The van der Waals surface area contributed by atoms with E-state index in [1.54, 1.807) is 4.90 Å². The van der Waals surface area contributed by atoms with Gasteiger partial charge >= 0.3 is 0 Å². The molecule has 0 atom stereocenters. The van der Waals surface area contributed by atoms with Crippen molar-refractivity contribution in [1.82, 2.24) is 0 Å². The molecule has 1 N–H and O–H groups in total. The monoisotopic (exact) mass is 374 g/mol. The standard InChI is InChI=1S/C24H26N2O2/c1-3-26(22-11-7-8-19(2)16-22)24(27)17-25-21-12-14-23(15-13-21)28-18-20-9-5-4-6-10-20/h4-16,25H,3,17-18H2,1-2H3. The molecule has 0 bridgehead atoms. The molecule has 144 valence electrons. The SMILES string of the molecule is CCN(C(=O)CNc1ccc(OCc2ccccc2)cc1)c1cccc(C)c1. The number of hydrogen-bond acceptors (Lipinski definition) is 3. The number of carbonyl (C=O) groups excluding carboxylic acids is 1. The van der Waals surface area contributed by atoms with Gasteiger partial charge in [0.15, 0.2) is 0 Å². The number of anilines is 2. The third-order valence-electron chi connectivity index (χ3n) is 4.48. The van der Waals surface area contributed by atoms with Crippen molar-refractivity contribution in [2.75, 3.05) is 23.3 Å². The Balaban J connectivity index is 1.53. The van der Waals surface area contributed by atoms with E-state index < -0.39 is 0 Å². The normalized spacial score (nSPS) is 10.4. The number of rotatable bonds is 8. The maximum Gasteiger partial charge on any atom is 0.246 e. The number of likely N-dealkylation sites (N-methyl/N-ethyl adjacent to an activating group) is 1. The van der Waals surface area contributed by atoms with E-state index >= 15 is 0 Å². The average molecular weight is 374 g/mol. The topological polar surface area (TPSA) is 41.6 Å². The Hall–Kier alpha value is -3.27. The molecule has 0 aliphatic heterocycles. The third kappa shape index (κ3) is 5.36. The van der Waals surface area contributed by atoms with Crippen LogP contribution in [0.2, 0.25) is 0 Å². The molecular weight excluding hydrogens is 348 g/mol. The van der Waals surface area contributed by atoms with E-state index in [-0.39, 0.29) is 12.5 Å². The molecule has 3 rings (SSSR count). The summed E-state index contributed by atoms with van der Waals surface area (Å²) in [5.41, 5.74) is 4.09. The van der Waals surface area contributed by atoms with Gasteiger partial charge in [-0.15, -0.1) is 0 Å². The summed E-state index contributed by atoms with van der Waals surface area (Å²) in [7, 11) is 0. The van der Waals surface area contributed by atoms with Gasteiger partial charge in [0.05, 0.1) is 6.54 Å². The minimum atomic E-state index is 0.0394. The van der Waals surface area contributed by atoms with E-state index in [1.807, 2.05) is 92.7 Å². The Morgan fingerprint density at radius 1 is 0.964 bits per heavy atom. The number of ether oxygens (including phenoxy) is 1. The van der Waals surface area contributed by atoms with Gasteiger partial charge in [-0.1, -0.05) is 42.5 Å². The Kier molecular flexibility index (Phi) is 6.68. The predicted molar refractivity (Wildman–Crippen MR) is 115 cm³/mol. The van der Waals surface area contributed by atoms with Crippen LogP contribution in [-0.4, -0.2) is 19.0 Å². The lowest BCUT2D eigenvalue weighted by Gasteiger charge is -2.22. The highest BCUT2D eigenvalue weighted by Gasteiger charge is 2.13. The summed E-state index contributed by atoms with van der Waals surface area (Å²) in [4.78, 5) is 14.4. The van der Waals surface area contributed by atoms with E-state index in [2.05, 4.69) is 5.32 Å². The molecule has 0 unspecified atom stereocenters. The second-order valence-corrected chi connectivity index (χ2v) is 6.63. The molecule has 0 fully saturated rings. The summed E-state index contributed by atoms with van der Waals surface area (Å²) < 4.78 is 5.79. The first kappa shape index (κ1) is 19.5. The highest BCUT2D eigenvalue weighted by Crippen LogP contribution is 2.18. The number of benzene rings is 3. The fraction of sp³-hybridized carbons (Fsp3) is 0.208. The van der Waals surface area contributed by atoms with Crippen LogP contribution in [0.3, 0.4) is 0 Å². The molecule has 0 saturated heterocycles. The van der Waals surface area contributed by atoms with E-state index in [0.717, 1.165) is 28.3 Å². The molecule has 3 aromatic carbocycles. The van der Waals surface area contributed by atoms with Crippen molar-refractivity contribution in [3.63, 3.8) is 0 Å². The molecule has 4 nitrogen and oxygen atoms in total. The lowest BCUT2D eigenvalue weighted by atomic mass is 10.2. The van der Waals surface area contributed by atoms with Crippen molar-refractivity contribution in [3.8, 4) is 5.75 Å². The van der Waals surface area contributed by atoms with Crippen molar-refractivity contribution in [2.24, 2.45) is 0 Å². The summed E-state index contributed by atoms with van der Waals surface area (Å²) in [5.74, 6) is 0.841. The van der Waals surface area contributed by atoms with Gasteiger partial charge in [-0.25, -0.2) is 0 Å². The highest BCUT2D eigenvalue weighted by atomic mass is 16.5. The highest BCUT2D eigenvalue weighted by molar-refractivity contribution is 5.96. The van der Waals surface area contributed by atoms with Gasteiger partial charge in [-0.05, 0) is 61.4 Å². The third-order valence-corrected chi connectivity index (χ3v) is 4.48. The summed E-state index contributed by atoms with van der Waals surface area (Å²) in [6.07, 6.45) is 0. The molecule has 0 spiro atoms. The molecule has 0 aromatic heterocycles. The Morgan fingerprint density at radius 2 is 1.71 bits per heavy atom. The zero-order valence-corrected chi connectivity index (χ0v) is 16.4. The number of aryl methyl sites for hydroxylation is 1. The number of nitrogens with one attached hydrogen (secondary N) is 1. The quantitative estimate of drug-likeness (QED) is 0.601. The Bertz CT molecular complexity index is 892. The van der Waals surface area contributed by atoms with Crippen LogP contribution in [-0.2, 0) is 11.4 Å². The van der Waals surface area contributed by atoms with Gasteiger partial charge in [0.2, 0.25) is 5.91 Å². The first-order valence-corrected chi connectivity index (χ1v) is 9.53. The van der Waals surface area contributed by atoms with E-state index in [1.165, 1.54) is 0 Å². The van der Waals surface area contributed by atoms with Gasteiger partial charge in [-0.2, -0.15) is 0 Å². The fourth-order valence-electron chi connectivity index (χ4n) is 2.98. The first-order valence-electron chi connectivity index (χ1n) is 9.53. The molecule has 4 heteroatoms. The van der Waals surface area contributed by atoms with Crippen LogP contribution < -0.4 is 15.0 Å². The van der Waals surface area contributed by atoms with Crippen molar-refractivity contribution in [1.29, 1.82) is 0 Å². The molecule has 3 aromatic rings. The van der Waals surface area contributed by atoms with Crippen LogP contribution in [0.1, 0.15) is 18.1 Å². The van der Waals surface area contributed by atoms with Crippen molar-refractivity contribution < 1.29 is 9.53 Å². The van der Waals surface area contributed by atoms with Crippen LogP contribution in [0, 0.1) is 6.92 Å². The van der Waals surface area contributed by atoms with Gasteiger partial charge < -0.3 is 15.0 Å². The van der Waals surface area contributed by atoms with E-state index in [9.17, 15) is 4.79 Å². The lowest BCUT2D eigenvalue weighted by Crippen LogP contribution is -2.35. The minimum Gasteiger partial charge on any atom is -0.489 e. The largest absolute Gasteiger partial charge is 0.489 e. The Morgan fingerprint density at radius 3 is 2.39 bits per heavy atom. The zero-order chi connectivity index (χ0) is 19.8. The number of nitrogens with zero attached hydrogens (tertiary/aromatic N) is 1. The summed E-state index contributed by atoms with van der Waals surface area (Å²) >= 11 is 0. The number of amides is 1. The van der Waals surface area contributed by atoms with Crippen molar-refractivity contribution in [2.45, 2.75) is 20.5 Å². The van der Waals surface area contributed by atoms with E-state index in [0.29, 0.717) is 13.2 Å². The van der Waals surface area contributed by atoms with Crippen LogP contribution in [0.15, 0.2) is 78.9 Å². The number of hydrogen-bond donors (Lipinski definition) is 1. The maximum absolute atomic E-state index is 12.6. The number of carbonyl (C=O) groups is 1. The van der Waals surface area contributed by atoms with Crippen LogP contribution in [0.4, 0.5) is 11.4 Å².